The molecule has 3 rings (SSSR count). The predicted octanol–water partition coefficient (Wildman–Crippen LogP) is 7.12. The van der Waals surface area contributed by atoms with Crippen molar-refractivity contribution in [2.75, 3.05) is 39.6 Å². The summed E-state index contributed by atoms with van der Waals surface area (Å²) in [5, 5.41) is 0. The maximum absolute atomic E-state index is 11.7. The molecule has 0 spiro atoms. The van der Waals surface area contributed by atoms with Crippen molar-refractivity contribution in [3.8, 4) is 0 Å². The third-order valence-corrected chi connectivity index (χ3v) is 6.09. The minimum absolute atomic E-state index is 0.0921. The van der Waals surface area contributed by atoms with Crippen molar-refractivity contribution in [1.82, 2.24) is 0 Å². The van der Waals surface area contributed by atoms with Gasteiger partial charge in [0.05, 0.1) is 33.4 Å². The lowest BCUT2D eigenvalue weighted by Crippen LogP contribution is -2.14. The highest BCUT2D eigenvalue weighted by Crippen LogP contribution is 2.14. The fourth-order valence-corrected chi connectivity index (χ4v) is 3.79. The summed E-state index contributed by atoms with van der Waals surface area (Å²) in [5.74, 6) is -3.49. The fourth-order valence-electron chi connectivity index (χ4n) is 3.79. The van der Waals surface area contributed by atoms with Crippen molar-refractivity contribution in [2.45, 2.75) is 0 Å². The molecular formula is C42H42O12. The van der Waals surface area contributed by atoms with Gasteiger partial charge in [-0.2, -0.15) is 0 Å². The molecule has 0 saturated heterocycles. The fraction of sp³-hybridized carbons (Fsp3) is 0.143. The van der Waals surface area contributed by atoms with Crippen LogP contribution in [0.15, 0.2) is 149 Å². The first kappa shape index (κ1) is 44.9. The minimum Gasteiger partial charge on any atom is -0.458 e. The quantitative estimate of drug-likeness (QED) is 0.0741. The Labute approximate surface area is 314 Å². The molecular weight excluding hydrogens is 696 g/mol. The molecule has 3 aromatic carbocycles. The molecule has 0 aliphatic rings. The summed E-state index contributed by atoms with van der Waals surface area (Å²) in [7, 11) is 0. The predicted molar refractivity (Wildman–Crippen MR) is 202 cm³/mol. The smallest absolute Gasteiger partial charge is 0.339 e. The maximum Gasteiger partial charge on any atom is 0.339 e. The van der Waals surface area contributed by atoms with Gasteiger partial charge < -0.3 is 28.4 Å². The van der Waals surface area contributed by atoms with Gasteiger partial charge in [0.2, 0.25) is 0 Å². The molecule has 0 unspecified atom stereocenters. The summed E-state index contributed by atoms with van der Waals surface area (Å²) in [4.78, 5) is 70.2. The van der Waals surface area contributed by atoms with Crippen LogP contribution in [0.5, 0.6) is 0 Å². The number of rotatable bonds is 18. The van der Waals surface area contributed by atoms with Crippen molar-refractivity contribution in [3.63, 3.8) is 0 Å². The number of hydrogen-bond donors (Lipinski definition) is 0. The van der Waals surface area contributed by atoms with Gasteiger partial charge in [-0.1, -0.05) is 112 Å². The Morgan fingerprint density at radius 3 is 0.556 bits per heavy atom. The lowest BCUT2D eigenvalue weighted by Gasteiger charge is -2.07. The largest absolute Gasteiger partial charge is 0.458 e. The summed E-state index contributed by atoms with van der Waals surface area (Å²) >= 11 is 0. The second-order valence-corrected chi connectivity index (χ2v) is 9.96. The monoisotopic (exact) mass is 738 g/mol. The zero-order valence-electron chi connectivity index (χ0n) is 29.8. The van der Waals surface area contributed by atoms with Gasteiger partial charge in [0, 0.05) is 0 Å². The van der Waals surface area contributed by atoms with Gasteiger partial charge in [0.15, 0.2) is 0 Å². The Bertz CT molecular complexity index is 1470. The van der Waals surface area contributed by atoms with Gasteiger partial charge in [-0.05, 0) is 36.4 Å². The van der Waals surface area contributed by atoms with Crippen LogP contribution in [0.1, 0.15) is 62.1 Å². The van der Waals surface area contributed by atoms with Crippen LogP contribution < -0.4 is 0 Å². The van der Waals surface area contributed by atoms with Crippen LogP contribution in [-0.4, -0.2) is 75.5 Å². The maximum atomic E-state index is 11.7. The number of esters is 6. The zero-order chi connectivity index (χ0) is 40.1. The molecule has 0 aromatic heterocycles. The molecule has 0 amide bonds. The molecule has 0 radical (unpaired) electrons. The van der Waals surface area contributed by atoms with E-state index in [1.54, 1.807) is 36.4 Å². The van der Waals surface area contributed by atoms with Gasteiger partial charge in [-0.25, -0.2) is 28.8 Å². The van der Waals surface area contributed by atoms with Crippen molar-refractivity contribution in [3.05, 3.63) is 182 Å². The molecule has 0 bridgehead atoms. The van der Waals surface area contributed by atoms with Crippen molar-refractivity contribution in [1.29, 1.82) is 0 Å². The lowest BCUT2D eigenvalue weighted by molar-refractivity contribution is 0.0503. The van der Waals surface area contributed by atoms with E-state index >= 15 is 0 Å². The molecule has 0 fully saturated rings. The van der Waals surface area contributed by atoms with E-state index in [2.05, 4.69) is 39.5 Å². The van der Waals surface area contributed by atoms with Crippen molar-refractivity contribution >= 4 is 35.8 Å². The molecule has 282 valence electrons. The number of hydrogen-bond acceptors (Lipinski definition) is 12. The molecule has 0 saturated carbocycles. The van der Waals surface area contributed by atoms with Gasteiger partial charge in [0.1, 0.15) is 39.6 Å². The standard InChI is InChI=1S/3C14H14O4/c3*1-3-9-17-13(15)11-7-5-6-8-12(11)14(16)18-10-4-2/h3*3-8H,1-2,9-10H2. The lowest BCUT2D eigenvalue weighted by atomic mass is 10.1. The summed E-state index contributed by atoms with van der Waals surface area (Å²) < 4.78 is 29.3. The normalized spacial score (nSPS) is 9.33. The van der Waals surface area contributed by atoms with Crippen LogP contribution in [0, 0.1) is 0 Å². The second kappa shape index (κ2) is 26.7. The van der Waals surface area contributed by atoms with Crippen molar-refractivity contribution < 1.29 is 57.2 Å². The summed E-state index contributed by atoms with van der Waals surface area (Å²) in [6.45, 7) is 21.2. The first-order chi connectivity index (χ1) is 26.1. The van der Waals surface area contributed by atoms with Crippen molar-refractivity contribution in [2.24, 2.45) is 0 Å². The second-order valence-electron chi connectivity index (χ2n) is 9.96. The first-order valence-corrected chi connectivity index (χ1v) is 16.1. The molecule has 0 aliphatic carbocycles. The van der Waals surface area contributed by atoms with E-state index in [1.165, 1.54) is 72.9 Å². The SMILES string of the molecule is C=CCOC(=O)c1ccccc1C(=O)OCC=C.C=CCOC(=O)c1ccccc1C(=O)OCC=C.C=CCOC(=O)c1ccccc1C(=O)OCC=C. The Morgan fingerprint density at radius 1 is 0.315 bits per heavy atom. The molecule has 12 nitrogen and oxygen atoms in total. The highest BCUT2D eigenvalue weighted by Gasteiger charge is 2.20. The van der Waals surface area contributed by atoms with Crippen LogP contribution >= 0.6 is 0 Å². The Hall–Kier alpha value is -7.08. The van der Waals surface area contributed by atoms with E-state index in [4.69, 9.17) is 28.4 Å². The number of carbonyl (C=O) groups is 6. The van der Waals surface area contributed by atoms with E-state index < -0.39 is 35.8 Å². The molecule has 54 heavy (non-hydrogen) atoms. The highest BCUT2D eigenvalue weighted by atomic mass is 16.6. The van der Waals surface area contributed by atoms with Gasteiger partial charge in [-0.3, -0.25) is 0 Å². The average molecular weight is 739 g/mol. The van der Waals surface area contributed by atoms with Gasteiger partial charge in [-0.15, -0.1) is 0 Å². The van der Waals surface area contributed by atoms with E-state index in [0.29, 0.717) is 0 Å². The highest BCUT2D eigenvalue weighted by molar-refractivity contribution is 6.04. The molecule has 0 atom stereocenters. The molecule has 0 heterocycles. The Morgan fingerprint density at radius 2 is 0.444 bits per heavy atom. The summed E-state index contributed by atoms with van der Waals surface area (Å²) in [5.41, 5.74) is 1.05. The van der Waals surface area contributed by atoms with Crippen LogP contribution in [-0.2, 0) is 28.4 Å². The van der Waals surface area contributed by atoms with Crippen LogP contribution in [0.4, 0.5) is 0 Å². The first-order valence-electron chi connectivity index (χ1n) is 16.1. The molecule has 0 N–H and O–H groups in total. The van der Waals surface area contributed by atoms with Crippen LogP contribution in [0.25, 0.3) is 0 Å². The van der Waals surface area contributed by atoms with E-state index in [9.17, 15) is 28.8 Å². The zero-order valence-corrected chi connectivity index (χ0v) is 29.8. The van der Waals surface area contributed by atoms with Gasteiger partial charge in [0.25, 0.3) is 0 Å². The molecule has 12 heteroatoms. The Kier molecular flexibility index (Phi) is 22.2. The average Bonchev–Trinajstić information content (AvgIpc) is 3.21. The van der Waals surface area contributed by atoms with Crippen LogP contribution in [0.3, 0.4) is 0 Å². The number of benzene rings is 3. The van der Waals surface area contributed by atoms with Crippen LogP contribution in [0.2, 0.25) is 0 Å². The Balaban J connectivity index is 0.000000405. The third-order valence-electron chi connectivity index (χ3n) is 6.09. The minimum atomic E-state index is -0.582. The molecule has 0 aliphatic heterocycles. The van der Waals surface area contributed by atoms with E-state index in [1.807, 2.05) is 0 Å². The summed E-state index contributed by atoms with van der Waals surface area (Å²) in [6.07, 6.45) is 8.73. The van der Waals surface area contributed by atoms with Gasteiger partial charge >= 0.3 is 35.8 Å². The number of carbonyl (C=O) groups excluding carboxylic acids is 6. The third kappa shape index (κ3) is 15.9. The topological polar surface area (TPSA) is 158 Å². The van der Waals surface area contributed by atoms with E-state index in [0.717, 1.165) is 0 Å². The molecule has 3 aromatic rings. The summed E-state index contributed by atoms with van der Waals surface area (Å²) in [6, 6.07) is 18.9. The van der Waals surface area contributed by atoms with E-state index in [-0.39, 0.29) is 73.0 Å². The number of ether oxygens (including phenoxy) is 6.